The second-order valence-corrected chi connectivity index (χ2v) is 2.36. The summed E-state index contributed by atoms with van der Waals surface area (Å²) in [5, 5.41) is 13.5. The van der Waals surface area contributed by atoms with Crippen molar-refractivity contribution in [3.63, 3.8) is 0 Å². The van der Waals surface area contributed by atoms with Crippen molar-refractivity contribution in [2.75, 3.05) is 0 Å². The molecule has 0 aliphatic heterocycles. The second-order valence-electron chi connectivity index (χ2n) is 2.36. The zero-order valence-corrected chi connectivity index (χ0v) is 6.23. The summed E-state index contributed by atoms with van der Waals surface area (Å²) in [4.78, 5) is 0. The Morgan fingerprint density at radius 3 is 2.50 bits per heavy atom. The largest absolute Gasteiger partial charge is 0.204 e. The number of H-pyrrole nitrogens is 1. The van der Waals surface area contributed by atoms with Crippen LogP contribution in [0.1, 0.15) is 5.56 Å². The molecule has 58 valence electrons. The quantitative estimate of drug-likeness (QED) is 0.671. The molecule has 1 aromatic heterocycles. The van der Waals surface area contributed by atoms with Crippen molar-refractivity contribution in [3.05, 3.63) is 36.8 Å². The van der Waals surface area contributed by atoms with Crippen LogP contribution >= 0.6 is 0 Å². The number of benzene rings is 1. The average molecular weight is 158 g/mol. The summed E-state index contributed by atoms with van der Waals surface area (Å²) in [6.07, 6.45) is 0. The summed E-state index contributed by atoms with van der Waals surface area (Å²) in [5.41, 5.74) is 1.63. The van der Waals surface area contributed by atoms with E-state index in [4.69, 9.17) is 6.92 Å². The minimum absolute atomic E-state index is 0.579. The highest BCUT2D eigenvalue weighted by Crippen LogP contribution is 2.12. The molecule has 0 unspecified atom stereocenters. The molecule has 1 heterocycles. The first-order chi connectivity index (χ1) is 5.86. The molecular formula is C8H6N4. The van der Waals surface area contributed by atoms with Crippen molar-refractivity contribution in [1.82, 2.24) is 20.6 Å². The lowest BCUT2D eigenvalue weighted by molar-refractivity contribution is 0.881. The minimum Gasteiger partial charge on any atom is -0.177 e. The smallest absolute Gasteiger partial charge is 0.177 e. The van der Waals surface area contributed by atoms with Gasteiger partial charge in [0.25, 0.3) is 0 Å². The number of nitrogens with zero attached hydrogens (tertiary/aromatic N) is 3. The lowest BCUT2D eigenvalue weighted by Crippen LogP contribution is -1.80. The minimum atomic E-state index is 0.579. The van der Waals surface area contributed by atoms with E-state index in [2.05, 4.69) is 20.6 Å². The Morgan fingerprint density at radius 2 is 1.92 bits per heavy atom. The molecule has 0 atom stereocenters. The van der Waals surface area contributed by atoms with Crippen LogP contribution in [0.4, 0.5) is 0 Å². The molecular weight excluding hydrogens is 152 g/mol. The molecule has 0 spiro atoms. The molecule has 0 amide bonds. The number of hydrogen-bond donors (Lipinski definition) is 1. The van der Waals surface area contributed by atoms with Crippen LogP contribution in [0, 0.1) is 6.92 Å². The summed E-state index contributed by atoms with van der Waals surface area (Å²) >= 11 is 0. The zero-order chi connectivity index (χ0) is 8.39. The van der Waals surface area contributed by atoms with Gasteiger partial charge in [0.15, 0.2) is 0 Å². The van der Waals surface area contributed by atoms with Crippen molar-refractivity contribution in [3.8, 4) is 11.4 Å². The van der Waals surface area contributed by atoms with Crippen LogP contribution in [0.25, 0.3) is 11.4 Å². The Bertz CT molecular complexity index is 349. The van der Waals surface area contributed by atoms with Gasteiger partial charge in [0.05, 0.1) is 0 Å². The zero-order valence-electron chi connectivity index (χ0n) is 6.23. The van der Waals surface area contributed by atoms with Gasteiger partial charge >= 0.3 is 0 Å². The molecule has 0 fully saturated rings. The van der Waals surface area contributed by atoms with E-state index in [-0.39, 0.29) is 0 Å². The predicted octanol–water partition coefficient (Wildman–Crippen LogP) is 0.926. The Balaban J connectivity index is 2.43. The van der Waals surface area contributed by atoms with Crippen molar-refractivity contribution in [2.45, 2.75) is 0 Å². The first kappa shape index (κ1) is 6.97. The molecule has 2 aromatic rings. The fourth-order valence-electron chi connectivity index (χ4n) is 0.916. The highest BCUT2D eigenvalue weighted by molar-refractivity contribution is 5.54. The van der Waals surface area contributed by atoms with Crippen molar-refractivity contribution >= 4 is 0 Å². The van der Waals surface area contributed by atoms with E-state index >= 15 is 0 Å². The molecule has 0 saturated carbocycles. The van der Waals surface area contributed by atoms with E-state index in [0.717, 1.165) is 11.1 Å². The molecule has 0 aliphatic carbocycles. The van der Waals surface area contributed by atoms with E-state index in [9.17, 15) is 0 Å². The second kappa shape index (κ2) is 2.73. The molecule has 4 nitrogen and oxygen atoms in total. The lowest BCUT2D eigenvalue weighted by atomic mass is 10.1. The van der Waals surface area contributed by atoms with Gasteiger partial charge < -0.3 is 0 Å². The SMILES string of the molecule is [CH]c1ccc(-c2nn[nH]n2)cc1. The van der Waals surface area contributed by atoms with Crippen LogP contribution < -0.4 is 0 Å². The van der Waals surface area contributed by atoms with Gasteiger partial charge in [-0.25, -0.2) is 0 Å². The first-order valence-electron chi connectivity index (χ1n) is 3.45. The average Bonchev–Trinajstić information content (AvgIpc) is 2.58. The molecule has 0 saturated heterocycles. The Hall–Kier alpha value is -1.71. The number of hydrogen-bond acceptors (Lipinski definition) is 3. The van der Waals surface area contributed by atoms with Crippen LogP contribution in [0.2, 0.25) is 0 Å². The number of tetrazole rings is 1. The molecule has 12 heavy (non-hydrogen) atoms. The van der Waals surface area contributed by atoms with Crippen LogP contribution in [0.15, 0.2) is 24.3 Å². The topological polar surface area (TPSA) is 54.5 Å². The highest BCUT2D eigenvalue weighted by Gasteiger charge is 1.99. The molecule has 1 N–H and O–H groups in total. The third kappa shape index (κ3) is 1.18. The molecule has 0 aliphatic rings. The molecule has 4 heteroatoms. The summed E-state index contributed by atoms with van der Waals surface area (Å²) in [6.45, 7) is 5.52. The summed E-state index contributed by atoms with van der Waals surface area (Å²) in [6, 6.07) is 7.29. The number of aromatic amines is 1. The number of nitrogens with one attached hydrogen (secondary N) is 1. The normalized spacial score (nSPS) is 10.1. The predicted molar refractivity (Wildman–Crippen MR) is 43.0 cm³/mol. The maximum atomic E-state index is 5.52. The van der Waals surface area contributed by atoms with E-state index in [1.54, 1.807) is 12.1 Å². The van der Waals surface area contributed by atoms with E-state index < -0.39 is 0 Å². The van der Waals surface area contributed by atoms with Gasteiger partial charge in [-0.2, -0.15) is 5.21 Å². The summed E-state index contributed by atoms with van der Waals surface area (Å²) < 4.78 is 0. The third-order valence-electron chi connectivity index (χ3n) is 1.51. The Labute approximate surface area is 69.6 Å². The molecule has 2 radical (unpaired) electrons. The van der Waals surface area contributed by atoms with Crippen LogP contribution in [0.3, 0.4) is 0 Å². The monoisotopic (exact) mass is 158 g/mol. The van der Waals surface area contributed by atoms with Gasteiger partial charge in [0.1, 0.15) is 0 Å². The van der Waals surface area contributed by atoms with Gasteiger partial charge in [-0.1, -0.05) is 24.3 Å². The Kier molecular flexibility index (Phi) is 1.59. The van der Waals surface area contributed by atoms with Crippen LogP contribution in [-0.4, -0.2) is 20.6 Å². The number of rotatable bonds is 1. The molecule has 1 aromatic carbocycles. The van der Waals surface area contributed by atoms with Gasteiger partial charge in [0.2, 0.25) is 5.82 Å². The van der Waals surface area contributed by atoms with Gasteiger partial charge in [-0.3, -0.25) is 0 Å². The van der Waals surface area contributed by atoms with Gasteiger partial charge in [-0.15, -0.1) is 10.2 Å². The number of aromatic nitrogens is 4. The lowest BCUT2D eigenvalue weighted by Gasteiger charge is -1.93. The molecule has 0 bridgehead atoms. The van der Waals surface area contributed by atoms with Crippen molar-refractivity contribution in [2.24, 2.45) is 0 Å². The standard InChI is InChI=1S/C8H6N4/c1-6-2-4-7(5-3-6)8-9-11-12-10-8/h1-5H,(H,9,10,11,12). The third-order valence-corrected chi connectivity index (χ3v) is 1.51. The fraction of sp³-hybridized carbons (Fsp3) is 0. The fourth-order valence-corrected chi connectivity index (χ4v) is 0.916. The van der Waals surface area contributed by atoms with Gasteiger partial charge in [-0.05, 0) is 17.7 Å². The van der Waals surface area contributed by atoms with E-state index in [1.807, 2.05) is 12.1 Å². The van der Waals surface area contributed by atoms with Crippen molar-refractivity contribution in [1.29, 1.82) is 0 Å². The Morgan fingerprint density at radius 1 is 1.17 bits per heavy atom. The summed E-state index contributed by atoms with van der Waals surface area (Å²) in [5.74, 6) is 0.579. The highest BCUT2D eigenvalue weighted by atomic mass is 15.5. The van der Waals surface area contributed by atoms with Gasteiger partial charge in [0, 0.05) is 5.56 Å². The summed E-state index contributed by atoms with van der Waals surface area (Å²) in [7, 11) is 0. The first-order valence-corrected chi connectivity index (χ1v) is 3.45. The van der Waals surface area contributed by atoms with E-state index in [1.165, 1.54) is 0 Å². The van der Waals surface area contributed by atoms with Crippen LogP contribution in [0.5, 0.6) is 0 Å². The van der Waals surface area contributed by atoms with E-state index in [0.29, 0.717) is 5.82 Å². The maximum Gasteiger partial charge on any atom is 0.204 e. The molecule has 2 rings (SSSR count). The van der Waals surface area contributed by atoms with Crippen LogP contribution in [-0.2, 0) is 0 Å². The van der Waals surface area contributed by atoms with Crippen molar-refractivity contribution < 1.29 is 0 Å². The maximum absolute atomic E-state index is 5.52.